The minimum absolute atomic E-state index is 0.659. The number of hydrogen-bond acceptors (Lipinski definition) is 3. The highest BCUT2D eigenvalue weighted by atomic mass is 16.5. The van der Waals surface area contributed by atoms with Crippen LogP contribution in [-0.2, 0) is 0 Å². The topological polar surface area (TPSA) is 38.7 Å². The SMILES string of the molecule is CCCCCCCCCCCCCCCCCCOc1c(C)ccc(C(O)c2ccccc2)c1OCCCCCCCCCCCCCCCCCC. The monoisotopic (exact) mass is 735 g/mol. The summed E-state index contributed by atoms with van der Waals surface area (Å²) in [5.74, 6) is 1.55. The van der Waals surface area contributed by atoms with Crippen molar-refractivity contribution in [2.45, 2.75) is 232 Å². The predicted octanol–water partition coefficient (Wildman–Crippen LogP) is 16.4. The van der Waals surface area contributed by atoms with Crippen molar-refractivity contribution in [2.75, 3.05) is 13.2 Å². The molecular weight excluding hydrogens is 649 g/mol. The second-order valence-corrected chi connectivity index (χ2v) is 16.2. The van der Waals surface area contributed by atoms with E-state index in [0.717, 1.165) is 41.0 Å². The molecule has 304 valence electrons. The highest BCUT2D eigenvalue weighted by Crippen LogP contribution is 2.40. The third-order valence-corrected chi connectivity index (χ3v) is 11.2. The highest BCUT2D eigenvalue weighted by Gasteiger charge is 2.21. The van der Waals surface area contributed by atoms with E-state index in [4.69, 9.17) is 9.47 Å². The van der Waals surface area contributed by atoms with Crippen molar-refractivity contribution in [1.29, 1.82) is 0 Å². The Morgan fingerprint density at radius 2 is 0.717 bits per heavy atom. The molecule has 0 aliphatic heterocycles. The van der Waals surface area contributed by atoms with Crippen molar-refractivity contribution < 1.29 is 14.6 Å². The van der Waals surface area contributed by atoms with Crippen molar-refractivity contribution in [3.8, 4) is 11.5 Å². The molecule has 0 aliphatic rings. The number of benzene rings is 2. The minimum atomic E-state index is -0.740. The van der Waals surface area contributed by atoms with Crippen LogP contribution in [0.15, 0.2) is 42.5 Å². The van der Waals surface area contributed by atoms with E-state index in [0.29, 0.717) is 13.2 Å². The van der Waals surface area contributed by atoms with Crippen LogP contribution in [-0.4, -0.2) is 18.3 Å². The number of hydrogen-bond donors (Lipinski definition) is 1. The standard InChI is InChI=1S/C50H86O3/c1-4-6-8-10-12-14-16-18-20-22-24-26-28-30-32-37-43-52-49-45(3)41-42-47(48(51)46-39-35-34-36-40-46)50(49)53-44-38-33-31-29-27-25-23-21-19-17-15-13-11-9-7-5-2/h34-36,39-42,48,51H,4-33,37-38,43-44H2,1-3H3. The van der Waals surface area contributed by atoms with Gasteiger partial charge >= 0.3 is 0 Å². The summed E-state index contributed by atoms with van der Waals surface area (Å²) in [6, 6.07) is 14.0. The summed E-state index contributed by atoms with van der Waals surface area (Å²) in [6.45, 7) is 8.04. The lowest BCUT2D eigenvalue weighted by atomic mass is 9.98. The average molecular weight is 735 g/mol. The van der Waals surface area contributed by atoms with Gasteiger partial charge in [-0.2, -0.15) is 0 Å². The number of aliphatic hydroxyl groups excluding tert-OH is 1. The molecule has 0 heterocycles. The Balaban J connectivity index is 1.65. The van der Waals surface area contributed by atoms with E-state index in [1.165, 1.54) is 193 Å². The maximum Gasteiger partial charge on any atom is 0.167 e. The van der Waals surface area contributed by atoms with Gasteiger partial charge in [-0.1, -0.05) is 249 Å². The van der Waals surface area contributed by atoms with Gasteiger partial charge in [-0.3, -0.25) is 0 Å². The summed E-state index contributed by atoms with van der Waals surface area (Å²) in [5.41, 5.74) is 2.76. The summed E-state index contributed by atoms with van der Waals surface area (Å²) >= 11 is 0. The van der Waals surface area contributed by atoms with E-state index < -0.39 is 6.10 Å². The third kappa shape index (κ3) is 24.2. The smallest absolute Gasteiger partial charge is 0.167 e. The fourth-order valence-corrected chi connectivity index (χ4v) is 7.68. The van der Waals surface area contributed by atoms with Crippen LogP contribution in [0, 0.1) is 6.92 Å². The summed E-state index contributed by atoms with van der Waals surface area (Å²) in [7, 11) is 0. The van der Waals surface area contributed by atoms with E-state index in [2.05, 4.69) is 26.8 Å². The number of aryl methyl sites for hydroxylation is 1. The molecule has 2 aromatic rings. The van der Waals surface area contributed by atoms with E-state index >= 15 is 0 Å². The molecule has 0 saturated heterocycles. The molecule has 1 atom stereocenters. The van der Waals surface area contributed by atoms with Crippen LogP contribution < -0.4 is 9.47 Å². The van der Waals surface area contributed by atoms with Gasteiger partial charge in [0.25, 0.3) is 0 Å². The van der Waals surface area contributed by atoms with Crippen molar-refractivity contribution in [1.82, 2.24) is 0 Å². The second-order valence-electron chi connectivity index (χ2n) is 16.2. The van der Waals surface area contributed by atoms with Gasteiger partial charge in [0.2, 0.25) is 0 Å². The average Bonchev–Trinajstić information content (AvgIpc) is 3.18. The lowest BCUT2D eigenvalue weighted by Crippen LogP contribution is -2.09. The Morgan fingerprint density at radius 3 is 1.08 bits per heavy atom. The van der Waals surface area contributed by atoms with Crippen molar-refractivity contribution >= 4 is 0 Å². The summed E-state index contributed by atoms with van der Waals surface area (Å²) in [5, 5.41) is 11.4. The molecule has 0 bridgehead atoms. The van der Waals surface area contributed by atoms with Gasteiger partial charge < -0.3 is 14.6 Å². The molecule has 0 amide bonds. The highest BCUT2D eigenvalue weighted by molar-refractivity contribution is 5.54. The second kappa shape index (κ2) is 34.5. The minimum Gasteiger partial charge on any atom is -0.489 e. The predicted molar refractivity (Wildman–Crippen MR) is 232 cm³/mol. The van der Waals surface area contributed by atoms with Crippen LogP contribution in [0.3, 0.4) is 0 Å². The number of unbranched alkanes of at least 4 members (excludes halogenated alkanes) is 30. The van der Waals surface area contributed by atoms with Crippen LogP contribution in [0.1, 0.15) is 242 Å². The molecule has 0 aliphatic carbocycles. The summed E-state index contributed by atoms with van der Waals surface area (Å²) < 4.78 is 13.0. The molecular formula is C50H86O3. The maximum absolute atomic E-state index is 11.4. The Bertz CT molecular complexity index is 1070. The van der Waals surface area contributed by atoms with Gasteiger partial charge in [-0.15, -0.1) is 0 Å². The Morgan fingerprint density at radius 1 is 0.396 bits per heavy atom. The molecule has 2 aromatic carbocycles. The molecule has 0 aromatic heterocycles. The first-order valence-electron chi connectivity index (χ1n) is 23.3. The number of aliphatic hydroxyl groups is 1. The van der Waals surface area contributed by atoms with E-state index in [9.17, 15) is 5.11 Å². The first kappa shape index (κ1) is 47.2. The molecule has 3 nitrogen and oxygen atoms in total. The zero-order valence-corrected chi connectivity index (χ0v) is 35.4. The first-order chi connectivity index (χ1) is 26.2. The first-order valence-corrected chi connectivity index (χ1v) is 23.3. The van der Waals surface area contributed by atoms with Crippen molar-refractivity contribution in [2.24, 2.45) is 0 Å². The third-order valence-electron chi connectivity index (χ3n) is 11.2. The molecule has 1 N–H and O–H groups in total. The molecule has 53 heavy (non-hydrogen) atoms. The lowest BCUT2D eigenvalue weighted by Gasteiger charge is -2.21. The summed E-state index contributed by atoms with van der Waals surface area (Å²) in [4.78, 5) is 0. The fraction of sp³-hybridized carbons (Fsp3) is 0.760. The molecule has 0 radical (unpaired) electrons. The van der Waals surface area contributed by atoms with Crippen LogP contribution in [0.2, 0.25) is 0 Å². The molecule has 1 unspecified atom stereocenters. The Kier molecular flexibility index (Phi) is 30.7. The van der Waals surface area contributed by atoms with Gasteiger partial charge in [-0.05, 0) is 30.9 Å². The Labute approximate surface area is 329 Å². The van der Waals surface area contributed by atoms with Crippen LogP contribution >= 0.6 is 0 Å². The largest absolute Gasteiger partial charge is 0.489 e. The molecule has 0 saturated carbocycles. The quantitative estimate of drug-likeness (QED) is 0.0698. The van der Waals surface area contributed by atoms with Gasteiger partial charge in [-0.25, -0.2) is 0 Å². The van der Waals surface area contributed by atoms with Gasteiger partial charge in [0.15, 0.2) is 11.5 Å². The zero-order chi connectivity index (χ0) is 37.9. The Hall–Kier alpha value is -2.00. The van der Waals surface area contributed by atoms with E-state index in [1.54, 1.807) is 0 Å². The molecule has 2 rings (SSSR count). The number of ether oxygens (including phenoxy) is 2. The van der Waals surface area contributed by atoms with Crippen LogP contribution in [0.5, 0.6) is 11.5 Å². The molecule has 3 heteroatoms. The number of rotatable bonds is 38. The molecule has 0 fully saturated rings. The fourth-order valence-electron chi connectivity index (χ4n) is 7.68. The van der Waals surface area contributed by atoms with Gasteiger partial charge in [0.1, 0.15) is 6.10 Å². The molecule has 0 spiro atoms. The van der Waals surface area contributed by atoms with Crippen LogP contribution in [0.25, 0.3) is 0 Å². The van der Waals surface area contributed by atoms with Crippen molar-refractivity contribution in [3.63, 3.8) is 0 Å². The van der Waals surface area contributed by atoms with Crippen LogP contribution in [0.4, 0.5) is 0 Å². The van der Waals surface area contributed by atoms with E-state index in [-0.39, 0.29) is 0 Å². The van der Waals surface area contributed by atoms with Crippen molar-refractivity contribution in [3.05, 3.63) is 59.2 Å². The lowest BCUT2D eigenvalue weighted by molar-refractivity contribution is 0.203. The summed E-state index contributed by atoms with van der Waals surface area (Å²) in [6.07, 6.45) is 42.9. The van der Waals surface area contributed by atoms with E-state index in [1.807, 2.05) is 36.4 Å². The normalized spacial score (nSPS) is 12.0. The van der Waals surface area contributed by atoms with Gasteiger partial charge in [0, 0.05) is 5.56 Å². The zero-order valence-electron chi connectivity index (χ0n) is 35.4. The maximum atomic E-state index is 11.4. The van der Waals surface area contributed by atoms with Gasteiger partial charge in [0.05, 0.1) is 13.2 Å².